The van der Waals surface area contributed by atoms with E-state index >= 15 is 0 Å². The van der Waals surface area contributed by atoms with Crippen LogP contribution < -0.4 is 5.32 Å². The number of nitrogens with one attached hydrogen (secondary N) is 1. The fraction of sp³-hybridized carbons (Fsp3) is 0.650. The van der Waals surface area contributed by atoms with Crippen molar-refractivity contribution in [2.75, 3.05) is 25.0 Å². The van der Waals surface area contributed by atoms with Crippen LogP contribution in [0.2, 0.25) is 0 Å². The summed E-state index contributed by atoms with van der Waals surface area (Å²) < 4.78 is 0. The van der Waals surface area contributed by atoms with Crippen molar-refractivity contribution in [2.24, 2.45) is 0 Å². The molecule has 0 spiro atoms. The molecular weight excluding hydrogens is 312 g/mol. The maximum atomic E-state index is 12.8. The molecule has 3 rings (SSSR count). The molecule has 1 fully saturated rings. The maximum Gasteiger partial charge on any atom is 0.272 e. The Morgan fingerprint density at radius 1 is 1.12 bits per heavy atom. The summed E-state index contributed by atoms with van der Waals surface area (Å²) in [5.74, 6) is 0.625. The van der Waals surface area contributed by atoms with E-state index in [1.165, 1.54) is 44.1 Å². The van der Waals surface area contributed by atoms with E-state index in [1.807, 2.05) is 17.9 Å². The average molecular weight is 342 g/mol. The Hall–Kier alpha value is -1.91. The van der Waals surface area contributed by atoms with Gasteiger partial charge in [0.1, 0.15) is 5.69 Å². The number of hydrogen-bond acceptors (Lipinski definition) is 4. The van der Waals surface area contributed by atoms with Crippen molar-refractivity contribution >= 4 is 11.9 Å². The molecule has 25 heavy (non-hydrogen) atoms. The van der Waals surface area contributed by atoms with Crippen molar-refractivity contribution in [2.45, 2.75) is 64.7 Å². The van der Waals surface area contributed by atoms with Gasteiger partial charge in [0.15, 0.2) is 0 Å². The number of likely N-dealkylation sites (tertiary alicyclic amines) is 1. The highest BCUT2D eigenvalue weighted by molar-refractivity contribution is 5.92. The van der Waals surface area contributed by atoms with Crippen molar-refractivity contribution in [3.05, 3.63) is 29.1 Å². The van der Waals surface area contributed by atoms with E-state index < -0.39 is 0 Å². The van der Waals surface area contributed by atoms with Crippen molar-refractivity contribution in [1.29, 1.82) is 0 Å². The second-order valence-electron chi connectivity index (χ2n) is 7.21. The van der Waals surface area contributed by atoms with Gasteiger partial charge in [-0.1, -0.05) is 24.5 Å². The van der Waals surface area contributed by atoms with Crippen LogP contribution in [0.3, 0.4) is 0 Å². The Labute approximate surface area is 150 Å². The molecule has 1 aliphatic carbocycles. The third kappa shape index (κ3) is 5.28. The Bertz CT molecular complexity index is 618. The van der Waals surface area contributed by atoms with Gasteiger partial charge in [0.25, 0.3) is 5.91 Å². The standard InChI is InChI=1S/C20H30N4O/c1-16-15-18(19(25)24-13-7-2-3-8-14-24)23-20(22-16)21-12-11-17-9-5-4-6-10-17/h9,15H,2-8,10-14H2,1H3,(H,21,22,23). The summed E-state index contributed by atoms with van der Waals surface area (Å²) in [6.07, 6.45) is 13.1. The van der Waals surface area contributed by atoms with Crippen LogP contribution in [0.1, 0.15) is 74.0 Å². The molecule has 1 saturated heterocycles. The number of allylic oxidation sites excluding steroid dienone is 1. The number of carbonyl (C=O) groups is 1. The molecule has 0 unspecified atom stereocenters. The van der Waals surface area contributed by atoms with Gasteiger partial charge < -0.3 is 10.2 Å². The van der Waals surface area contributed by atoms with Crippen molar-refractivity contribution in [3.63, 3.8) is 0 Å². The van der Waals surface area contributed by atoms with Crippen LogP contribution >= 0.6 is 0 Å². The number of carbonyl (C=O) groups excluding carboxylic acids is 1. The minimum absolute atomic E-state index is 0.0467. The number of amides is 1. The van der Waals surface area contributed by atoms with Crippen molar-refractivity contribution in [1.82, 2.24) is 14.9 Å². The van der Waals surface area contributed by atoms with E-state index in [9.17, 15) is 4.79 Å². The molecule has 0 saturated carbocycles. The van der Waals surface area contributed by atoms with E-state index in [1.54, 1.807) is 0 Å². The molecule has 136 valence electrons. The van der Waals surface area contributed by atoms with Gasteiger partial charge in [-0.05, 0) is 57.9 Å². The third-order valence-corrected chi connectivity index (χ3v) is 5.08. The zero-order chi connectivity index (χ0) is 17.5. The van der Waals surface area contributed by atoms with Crippen molar-refractivity contribution < 1.29 is 4.79 Å². The zero-order valence-electron chi connectivity index (χ0n) is 15.4. The molecule has 5 heteroatoms. The number of anilines is 1. The summed E-state index contributed by atoms with van der Waals surface area (Å²) in [4.78, 5) is 23.7. The van der Waals surface area contributed by atoms with Gasteiger partial charge in [-0.15, -0.1) is 0 Å². The molecule has 1 amide bonds. The SMILES string of the molecule is Cc1cc(C(=O)N2CCCCCC2)nc(NCCC2=CCCCC2)n1. The average Bonchev–Trinajstić information content (AvgIpc) is 2.91. The number of rotatable bonds is 5. The van der Waals surface area contributed by atoms with Gasteiger partial charge >= 0.3 is 0 Å². The largest absolute Gasteiger partial charge is 0.354 e. The van der Waals surface area contributed by atoms with Crippen LogP contribution in [0.15, 0.2) is 17.7 Å². The van der Waals surface area contributed by atoms with Gasteiger partial charge in [0.2, 0.25) is 5.95 Å². The highest BCUT2D eigenvalue weighted by Crippen LogP contribution is 2.20. The van der Waals surface area contributed by atoms with Crippen LogP contribution in [-0.4, -0.2) is 40.4 Å². The first-order valence-electron chi connectivity index (χ1n) is 9.79. The Balaban J connectivity index is 1.61. The Kier molecular flexibility index (Phi) is 6.42. The smallest absolute Gasteiger partial charge is 0.272 e. The van der Waals surface area contributed by atoms with Crippen LogP contribution in [0.5, 0.6) is 0 Å². The fourth-order valence-electron chi connectivity index (χ4n) is 3.66. The van der Waals surface area contributed by atoms with Gasteiger partial charge in [0, 0.05) is 25.3 Å². The topological polar surface area (TPSA) is 58.1 Å². The number of hydrogen-bond donors (Lipinski definition) is 1. The molecule has 2 heterocycles. The highest BCUT2D eigenvalue weighted by Gasteiger charge is 2.19. The van der Waals surface area contributed by atoms with E-state index in [-0.39, 0.29) is 5.91 Å². The highest BCUT2D eigenvalue weighted by atomic mass is 16.2. The lowest BCUT2D eigenvalue weighted by Gasteiger charge is -2.20. The second kappa shape index (κ2) is 8.97. The fourth-order valence-corrected chi connectivity index (χ4v) is 3.66. The lowest BCUT2D eigenvalue weighted by atomic mass is 9.97. The van der Waals surface area contributed by atoms with Gasteiger partial charge in [-0.25, -0.2) is 9.97 Å². The molecule has 5 nitrogen and oxygen atoms in total. The first-order valence-corrected chi connectivity index (χ1v) is 9.79. The first-order chi connectivity index (χ1) is 12.2. The summed E-state index contributed by atoms with van der Waals surface area (Å²) in [6.45, 7) is 4.44. The maximum absolute atomic E-state index is 12.8. The van der Waals surface area contributed by atoms with Gasteiger partial charge in [0.05, 0.1) is 0 Å². The molecule has 0 radical (unpaired) electrons. The molecule has 1 aliphatic heterocycles. The molecule has 1 aromatic rings. The minimum atomic E-state index is 0.0467. The Morgan fingerprint density at radius 2 is 1.92 bits per heavy atom. The molecule has 2 aliphatic rings. The normalized spacial score (nSPS) is 18.4. The summed E-state index contributed by atoms with van der Waals surface area (Å²) in [7, 11) is 0. The van der Waals surface area contributed by atoms with Gasteiger partial charge in [-0.3, -0.25) is 4.79 Å². The van der Waals surface area contributed by atoms with Crippen LogP contribution in [0.25, 0.3) is 0 Å². The van der Waals surface area contributed by atoms with Crippen LogP contribution in [-0.2, 0) is 0 Å². The molecule has 0 bridgehead atoms. The van der Waals surface area contributed by atoms with E-state index in [0.717, 1.165) is 44.6 Å². The summed E-state index contributed by atoms with van der Waals surface area (Å²) in [5.41, 5.74) is 2.90. The summed E-state index contributed by atoms with van der Waals surface area (Å²) in [5, 5.41) is 3.31. The predicted molar refractivity (Wildman–Crippen MR) is 101 cm³/mol. The van der Waals surface area contributed by atoms with E-state index in [0.29, 0.717) is 11.6 Å². The molecule has 0 aromatic carbocycles. The van der Waals surface area contributed by atoms with E-state index in [4.69, 9.17) is 0 Å². The summed E-state index contributed by atoms with van der Waals surface area (Å²) >= 11 is 0. The second-order valence-corrected chi connectivity index (χ2v) is 7.21. The van der Waals surface area contributed by atoms with Crippen LogP contribution in [0.4, 0.5) is 5.95 Å². The molecule has 0 atom stereocenters. The number of aryl methyl sites for hydroxylation is 1. The lowest BCUT2D eigenvalue weighted by molar-refractivity contribution is 0.0755. The minimum Gasteiger partial charge on any atom is -0.354 e. The lowest BCUT2D eigenvalue weighted by Crippen LogP contribution is -2.32. The van der Waals surface area contributed by atoms with Crippen LogP contribution in [0, 0.1) is 6.92 Å². The number of nitrogens with zero attached hydrogens (tertiary/aromatic N) is 3. The molecule has 1 N–H and O–H groups in total. The monoisotopic (exact) mass is 342 g/mol. The summed E-state index contributed by atoms with van der Waals surface area (Å²) in [6, 6.07) is 1.81. The van der Waals surface area contributed by atoms with Crippen molar-refractivity contribution in [3.8, 4) is 0 Å². The zero-order valence-corrected chi connectivity index (χ0v) is 15.4. The quantitative estimate of drug-likeness (QED) is 0.818. The van der Waals surface area contributed by atoms with E-state index in [2.05, 4.69) is 21.4 Å². The molecule has 1 aromatic heterocycles. The third-order valence-electron chi connectivity index (χ3n) is 5.08. The van der Waals surface area contributed by atoms with Gasteiger partial charge in [-0.2, -0.15) is 0 Å². The molecular formula is C20H30N4O. The predicted octanol–water partition coefficient (Wildman–Crippen LogP) is 4.10. The Morgan fingerprint density at radius 3 is 2.64 bits per heavy atom. The number of aromatic nitrogens is 2. The first kappa shape index (κ1) is 17.9.